The van der Waals surface area contributed by atoms with Gasteiger partial charge in [-0.2, -0.15) is 5.26 Å². The highest BCUT2D eigenvalue weighted by Gasteiger charge is 2.08. The fourth-order valence-electron chi connectivity index (χ4n) is 1.66. The smallest absolute Gasteiger partial charge is 0.348 e. The molecule has 5 heteroatoms. The van der Waals surface area contributed by atoms with Crippen molar-refractivity contribution in [2.45, 2.75) is 33.6 Å². The van der Waals surface area contributed by atoms with E-state index in [1.807, 2.05) is 19.2 Å². The maximum absolute atomic E-state index is 11.6. The molecular weight excluding hydrogens is 268 g/mol. The number of carbonyl (C=O) groups excluding carboxylic acids is 1. The molecule has 0 aliphatic heterocycles. The van der Waals surface area contributed by atoms with Crippen LogP contribution in [0.3, 0.4) is 0 Å². The van der Waals surface area contributed by atoms with Crippen molar-refractivity contribution in [2.24, 2.45) is 0 Å². The van der Waals surface area contributed by atoms with Gasteiger partial charge in [-0.1, -0.05) is 13.8 Å². The zero-order valence-electron chi connectivity index (χ0n) is 13.3. The lowest BCUT2D eigenvalue weighted by molar-refractivity contribution is -0.140. The minimum atomic E-state index is -0.612. The van der Waals surface area contributed by atoms with Gasteiger partial charge in [-0.05, 0) is 38.1 Å². The summed E-state index contributed by atoms with van der Waals surface area (Å²) in [6.45, 7) is 9.09. The van der Waals surface area contributed by atoms with Gasteiger partial charge in [-0.15, -0.1) is 0 Å². The predicted octanol–water partition coefficient (Wildman–Crippen LogP) is 2.65. The zero-order valence-corrected chi connectivity index (χ0v) is 13.3. The fourth-order valence-corrected chi connectivity index (χ4v) is 1.66. The van der Waals surface area contributed by atoms with E-state index in [-0.39, 0.29) is 12.2 Å². The molecule has 0 bridgehead atoms. The molecular formula is C16H26N2O3. The molecule has 0 aliphatic carbocycles. The maximum atomic E-state index is 11.6. The lowest BCUT2D eigenvalue weighted by Gasteiger charge is -2.17. The highest BCUT2D eigenvalue weighted by Crippen LogP contribution is 2.00. The second-order valence-corrected chi connectivity index (χ2v) is 4.40. The lowest BCUT2D eigenvalue weighted by atomic mass is 10.2. The lowest BCUT2D eigenvalue weighted by Crippen LogP contribution is -2.18. The molecule has 0 unspecified atom stereocenters. The van der Waals surface area contributed by atoms with Gasteiger partial charge in [0.15, 0.2) is 0 Å². The summed E-state index contributed by atoms with van der Waals surface area (Å²) in [5.74, 6) is -0.612. The Morgan fingerprint density at radius 3 is 2.38 bits per heavy atom. The number of carbonyl (C=O) groups is 1. The Bertz CT molecular complexity index is 377. The van der Waals surface area contributed by atoms with E-state index in [0.29, 0.717) is 13.2 Å². The van der Waals surface area contributed by atoms with Crippen LogP contribution in [-0.2, 0) is 14.3 Å². The van der Waals surface area contributed by atoms with E-state index in [1.165, 1.54) is 6.08 Å². The third-order valence-corrected chi connectivity index (χ3v) is 2.59. The molecule has 0 saturated carbocycles. The summed E-state index contributed by atoms with van der Waals surface area (Å²) in [6.07, 6.45) is 7.21. The van der Waals surface area contributed by atoms with Gasteiger partial charge in [0.25, 0.3) is 0 Å². The monoisotopic (exact) mass is 294 g/mol. The van der Waals surface area contributed by atoms with Crippen LogP contribution in [0.2, 0.25) is 0 Å². The quantitative estimate of drug-likeness (QED) is 0.193. The number of nitrogens with zero attached hydrogens (tertiary/aromatic N) is 2. The first-order chi connectivity index (χ1) is 10.2. The highest BCUT2D eigenvalue weighted by atomic mass is 16.6. The van der Waals surface area contributed by atoms with Crippen molar-refractivity contribution in [3.8, 4) is 6.07 Å². The van der Waals surface area contributed by atoms with Crippen LogP contribution in [-0.4, -0.2) is 43.8 Å². The van der Waals surface area contributed by atoms with Crippen molar-refractivity contribution in [3.63, 3.8) is 0 Å². The van der Waals surface area contributed by atoms with Crippen molar-refractivity contribution in [1.82, 2.24) is 4.90 Å². The van der Waals surface area contributed by atoms with Crippen LogP contribution in [0.4, 0.5) is 0 Å². The molecule has 0 aromatic heterocycles. The molecule has 0 rings (SSSR count). The van der Waals surface area contributed by atoms with Gasteiger partial charge in [0.05, 0.1) is 6.61 Å². The maximum Gasteiger partial charge on any atom is 0.348 e. The second-order valence-electron chi connectivity index (χ2n) is 4.40. The first kappa shape index (κ1) is 19.2. The van der Waals surface area contributed by atoms with Gasteiger partial charge in [0.2, 0.25) is 0 Å². The third kappa shape index (κ3) is 9.69. The Hall–Kier alpha value is -1.80. The molecule has 0 spiro atoms. The van der Waals surface area contributed by atoms with Crippen LogP contribution >= 0.6 is 0 Å². The molecule has 0 radical (unpaired) electrons. The number of allylic oxidation sites excluding steroid dienone is 2. The average Bonchev–Trinajstić information content (AvgIpc) is 2.48. The standard InChI is InChI=1S/C16H26N2O3/c1-4-9-18(10-5-2)11-7-8-15(14-17)16(19)21-13-12-20-6-3/h7-8,11H,4-6,9-10,12-13H2,1-3H3/b11-7+,15-8+. The molecule has 0 aromatic rings. The Kier molecular flexibility index (Phi) is 12.1. The molecule has 118 valence electrons. The molecule has 0 amide bonds. The van der Waals surface area contributed by atoms with E-state index in [0.717, 1.165) is 25.9 Å². The van der Waals surface area contributed by atoms with E-state index in [4.69, 9.17) is 14.7 Å². The Morgan fingerprint density at radius 1 is 1.19 bits per heavy atom. The molecule has 0 N–H and O–H groups in total. The first-order valence-electron chi connectivity index (χ1n) is 7.47. The molecule has 21 heavy (non-hydrogen) atoms. The van der Waals surface area contributed by atoms with Gasteiger partial charge < -0.3 is 14.4 Å². The minimum absolute atomic E-state index is 0.00399. The molecule has 0 aliphatic rings. The van der Waals surface area contributed by atoms with Gasteiger partial charge in [0, 0.05) is 19.7 Å². The topological polar surface area (TPSA) is 62.6 Å². The Labute approximate surface area is 127 Å². The molecule has 0 saturated heterocycles. The van der Waals surface area contributed by atoms with E-state index in [1.54, 1.807) is 6.08 Å². The Balaban J connectivity index is 4.42. The molecule has 0 heterocycles. The number of hydrogen-bond acceptors (Lipinski definition) is 5. The van der Waals surface area contributed by atoms with Gasteiger partial charge in [-0.3, -0.25) is 0 Å². The summed E-state index contributed by atoms with van der Waals surface area (Å²) >= 11 is 0. The van der Waals surface area contributed by atoms with E-state index in [9.17, 15) is 4.79 Å². The molecule has 5 nitrogen and oxygen atoms in total. The van der Waals surface area contributed by atoms with Crippen molar-refractivity contribution >= 4 is 5.97 Å². The van der Waals surface area contributed by atoms with Crippen molar-refractivity contribution in [1.29, 1.82) is 5.26 Å². The number of rotatable bonds is 11. The van der Waals surface area contributed by atoms with Crippen LogP contribution in [0, 0.1) is 11.3 Å². The third-order valence-electron chi connectivity index (χ3n) is 2.59. The van der Waals surface area contributed by atoms with Gasteiger partial charge >= 0.3 is 5.97 Å². The minimum Gasteiger partial charge on any atom is -0.459 e. The number of nitriles is 1. The van der Waals surface area contributed by atoms with Crippen LogP contribution in [0.25, 0.3) is 0 Å². The van der Waals surface area contributed by atoms with Crippen LogP contribution in [0.5, 0.6) is 0 Å². The average molecular weight is 294 g/mol. The summed E-state index contributed by atoms with van der Waals surface area (Å²) in [5.41, 5.74) is -0.00399. The van der Waals surface area contributed by atoms with Crippen LogP contribution < -0.4 is 0 Å². The largest absolute Gasteiger partial charge is 0.459 e. The first-order valence-corrected chi connectivity index (χ1v) is 7.47. The summed E-state index contributed by atoms with van der Waals surface area (Å²) in [4.78, 5) is 13.8. The predicted molar refractivity (Wildman–Crippen MR) is 82.4 cm³/mol. The fraction of sp³-hybridized carbons (Fsp3) is 0.625. The zero-order chi connectivity index (χ0) is 15.9. The molecule has 0 atom stereocenters. The number of esters is 1. The molecule has 0 fully saturated rings. The second kappa shape index (κ2) is 13.2. The van der Waals surface area contributed by atoms with Gasteiger partial charge in [-0.25, -0.2) is 4.79 Å². The van der Waals surface area contributed by atoms with E-state index in [2.05, 4.69) is 18.7 Å². The normalized spacial score (nSPS) is 11.4. The van der Waals surface area contributed by atoms with Crippen molar-refractivity contribution in [2.75, 3.05) is 32.9 Å². The summed E-state index contributed by atoms with van der Waals surface area (Å²) in [6, 6.07) is 1.86. The summed E-state index contributed by atoms with van der Waals surface area (Å²) in [7, 11) is 0. The van der Waals surface area contributed by atoms with Crippen molar-refractivity contribution in [3.05, 3.63) is 23.9 Å². The van der Waals surface area contributed by atoms with Crippen LogP contribution in [0.15, 0.2) is 23.9 Å². The Morgan fingerprint density at radius 2 is 1.86 bits per heavy atom. The van der Waals surface area contributed by atoms with Crippen LogP contribution in [0.1, 0.15) is 33.6 Å². The SMILES string of the molecule is CCCN(/C=C/C=C(\C#N)C(=O)OCCOCC)CCC. The molecule has 0 aromatic carbocycles. The summed E-state index contributed by atoms with van der Waals surface area (Å²) in [5, 5.41) is 8.97. The van der Waals surface area contributed by atoms with Gasteiger partial charge in [0.1, 0.15) is 18.2 Å². The van der Waals surface area contributed by atoms with E-state index >= 15 is 0 Å². The number of ether oxygens (including phenoxy) is 2. The highest BCUT2D eigenvalue weighted by molar-refractivity contribution is 5.93. The number of hydrogen-bond donors (Lipinski definition) is 0. The van der Waals surface area contributed by atoms with Crippen molar-refractivity contribution < 1.29 is 14.3 Å². The summed E-state index contributed by atoms with van der Waals surface area (Å²) < 4.78 is 10.0. The van der Waals surface area contributed by atoms with E-state index < -0.39 is 5.97 Å².